The molecule has 0 aliphatic heterocycles. The van der Waals surface area contributed by atoms with E-state index < -0.39 is 0 Å². The van der Waals surface area contributed by atoms with Crippen LogP contribution in [0.1, 0.15) is 55.7 Å². The molecule has 0 aliphatic rings. The lowest BCUT2D eigenvalue weighted by Crippen LogP contribution is -2.26. The molecule has 5 heteroatoms. The van der Waals surface area contributed by atoms with Crippen molar-refractivity contribution in [3.05, 3.63) is 47.6 Å². The van der Waals surface area contributed by atoms with Crippen LogP contribution < -0.4 is 5.32 Å². The molecule has 0 aliphatic carbocycles. The molecule has 2 heterocycles. The van der Waals surface area contributed by atoms with Crippen molar-refractivity contribution in [1.29, 1.82) is 0 Å². The zero-order valence-corrected chi connectivity index (χ0v) is 12.2. The van der Waals surface area contributed by atoms with Crippen LogP contribution in [0.5, 0.6) is 0 Å². The van der Waals surface area contributed by atoms with Crippen LogP contribution >= 0.6 is 0 Å². The second-order valence-electron chi connectivity index (χ2n) is 5.78. The van der Waals surface area contributed by atoms with E-state index in [0.717, 1.165) is 11.4 Å². The van der Waals surface area contributed by atoms with E-state index >= 15 is 0 Å². The fraction of sp³-hybridized carbons (Fsp3) is 0.400. The van der Waals surface area contributed by atoms with Crippen molar-refractivity contribution in [3.63, 3.8) is 0 Å². The van der Waals surface area contributed by atoms with Crippen LogP contribution in [-0.4, -0.2) is 16.0 Å². The van der Waals surface area contributed by atoms with Crippen LogP contribution in [0.25, 0.3) is 0 Å². The lowest BCUT2D eigenvalue weighted by atomic mass is 9.92. The van der Waals surface area contributed by atoms with E-state index in [9.17, 15) is 4.79 Å². The quantitative estimate of drug-likeness (QED) is 0.933. The van der Waals surface area contributed by atoms with E-state index in [1.165, 1.54) is 0 Å². The third-order valence-corrected chi connectivity index (χ3v) is 2.98. The van der Waals surface area contributed by atoms with Crippen LogP contribution in [0.4, 0.5) is 0 Å². The van der Waals surface area contributed by atoms with E-state index in [2.05, 4.69) is 15.5 Å². The molecule has 2 aromatic heterocycles. The number of hydrogen-bond donors (Lipinski definition) is 1. The van der Waals surface area contributed by atoms with E-state index in [1.54, 1.807) is 12.3 Å². The molecule has 0 spiro atoms. The fourth-order valence-electron chi connectivity index (χ4n) is 1.71. The van der Waals surface area contributed by atoms with Gasteiger partial charge in [-0.3, -0.25) is 9.78 Å². The molecule has 1 atom stereocenters. The number of rotatable bonds is 3. The first kappa shape index (κ1) is 14.2. The Bertz CT molecular complexity index is 585. The Morgan fingerprint density at radius 2 is 2.10 bits per heavy atom. The van der Waals surface area contributed by atoms with Gasteiger partial charge in [0.1, 0.15) is 0 Å². The van der Waals surface area contributed by atoms with Crippen molar-refractivity contribution in [2.75, 3.05) is 0 Å². The highest BCUT2D eigenvalue weighted by Crippen LogP contribution is 2.21. The van der Waals surface area contributed by atoms with Crippen molar-refractivity contribution in [1.82, 2.24) is 15.5 Å². The zero-order chi connectivity index (χ0) is 14.8. The van der Waals surface area contributed by atoms with Gasteiger partial charge in [0.25, 0.3) is 5.91 Å². The third-order valence-electron chi connectivity index (χ3n) is 2.98. The third kappa shape index (κ3) is 3.23. The molecular weight excluding hydrogens is 254 g/mol. The monoisotopic (exact) mass is 273 g/mol. The Labute approximate surface area is 118 Å². The summed E-state index contributed by atoms with van der Waals surface area (Å²) in [6.07, 6.45) is 1.70. The van der Waals surface area contributed by atoms with Gasteiger partial charge in [0.05, 0.1) is 17.4 Å². The Kier molecular flexibility index (Phi) is 3.88. The van der Waals surface area contributed by atoms with Crippen LogP contribution in [0.15, 0.2) is 35.0 Å². The first-order valence-electron chi connectivity index (χ1n) is 6.57. The number of aromatic nitrogens is 2. The molecule has 2 aromatic rings. The average Bonchev–Trinajstić information content (AvgIpc) is 2.89. The molecule has 0 radical (unpaired) electrons. The van der Waals surface area contributed by atoms with Gasteiger partial charge in [-0.1, -0.05) is 32.0 Å². The smallest absolute Gasteiger partial charge is 0.290 e. The minimum Gasteiger partial charge on any atom is -0.351 e. The summed E-state index contributed by atoms with van der Waals surface area (Å²) in [5.74, 6) is -0.0659. The number of nitrogens with zero attached hydrogens (tertiary/aromatic N) is 2. The van der Waals surface area contributed by atoms with E-state index in [1.807, 2.05) is 45.9 Å². The van der Waals surface area contributed by atoms with Gasteiger partial charge in [0.2, 0.25) is 5.76 Å². The highest BCUT2D eigenvalue weighted by molar-refractivity contribution is 5.91. The van der Waals surface area contributed by atoms with Crippen LogP contribution in [0.3, 0.4) is 0 Å². The molecule has 0 aromatic carbocycles. The van der Waals surface area contributed by atoms with Gasteiger partial charge in [0.15, 0.2) is 0 Å². The Morgan fingerprint density at radius 1 is 1.35 bits per heavy atom. The van der Waals surface area contributed by atoms with E-state index in [4.69, 9.17) is 4.52 Å². The molecular formula is C15H19N3O2. The standard InChI is InChI=1S/C15H19N3O2/c1-10(11-7-5-6-8-16-11)17-14(19)12-9-13(18-20-12)15(2,3)4/h5-10H,1-4H3,(H,17,19)/t10-/m1/s1. The molecule has 1 amide bonds. The first-order chi connectivity index (χ1) is 9.38. The Balaban J connectivity index is 2.07. The van der Waals surface area contributed by atoms with E-state index in [-0.39, 0.29) is 23.1 Å². The predicted molar refractivity (Wildman–Crippen MR) is 75.3 cm³/mol. The number of carbonyl (C=O) groups is 1. The van der Waals surface area contributed by atoms with Gasteiger partial charge in [-0.15, -0.1) is 0 Å². The molecule has 0 fully saturated rings. The normalized spacial score (nSPS) is 13.0. The highest BCUT2D eigenvalue weighted by Gasteiger charge is 2.22. The molecule has 0 bridgehead atoms. The van der Waals surface area contributed by atoms with Crippen molar-refractivity contribution in [2.24, 2.45) is 0 Å². The molecule has 20 heavy (non-hydrogen) atoms. The van der Waals surface area contributed by atoms with Crippen molar-refractivity contribution < 1.29 is 9.32 Å². The maximum Gasteiger partial charge on any atom is 0.290 e. The molecule has 0 saturated heterocycles. The number of hydrogen-bond acceptors (Lipinski definition) is 4. The van der Waals surface area contributed by atoms with Crippen molar-refractivity contribution in [2.45, 2.75) is 39.2 Å². The number of amides is 1. The summed E-state index contributed by atoms with van der Waals surface area (Å²) in [5.41, 5.74) is 1.42. The lowest BCUT2D eigenvalue weighted by molar-refractivity contribution is 0.0901. The summed E-state index contributed by atoms with van der Waals surface area (Å²) in [6, 6.07) is 7.08. The fourth-order valence-corrected chi connectivity index (χ4v) is 1.71. The van der Waals surface area contributed by atoms with Gasteiger partial charge >= 0.3 is 0 Å². The average molecular weight is 273 g/mol. The number of carbonyl (C=O) groups excluding carboxylic acids is 1. The largest absolute Gasteiger partial charge is 0.351 e. The number of pyridine rings is 1. The first-order valence-corrected chi connectivity index (χ1v) is 6.57. The molecule has 2 rings (SSSR count). The zero-order valence-electron chi connectivity index (χ0n) is 12.2. The van der Waals surface area contributed by atoms with Gasteiger partial charge in [-0.05, 0) is 19.1 Å². The van der Waals surface area contributed by atoms with Gasteiger partial charge in [-0.25, -0.2) is 0 Å². The maximum atomic E-state index is 12.1. The minimum atomic E-state index is -0.286. The predicted octanol–water partition coefficient (Wildman–Crippen LogP) is 2.86. The second-order valence-corrected chi connectivity index (χ2v) is 5.78. The van der Waals surface area contributed by atoms with Gasteiger partial charge in [-0.2, -0.15) is 0 Å². The number of nitrogens with one attached hydrogen (secondary N) is 1. The van der Waals surface area contributed by atoms with Gasteiger partial charge in [0, 0.05) is 17.7 Å². The molecule has 0 unspecified atom stereocenters. The summed E-state index contributed by atoms with van der Waals surface area (Å²) in [7, 11) is 0. The molecule has 5 nitrogen and oxygen atoms in total. The van der Waals surface area contributed by atoms with Crippen LogP contribution in [0, 0.1) is 0 Å². The topological polar surface area (TPSA) is 68.0 Å². The highest BCUT2D eigenvalue weighted by atomic mass is 16.5. The van der Waals surface area contributed by atoms with Crippen molar-refractivity contribution in [3.8, 4) is 0 Å². The molecule has 106 valence electrons. The summed E-state index contributed by atoms with van der Waals surface area (Å²) >= 11 is 0. The summed E-state index contributed by atoms with van der Waals surface area (Å²) < 4.78 is 5.11. The van der Waals surface area contributed by atoms with E-state index in [0.29, 0.717) is 0 Å². The lowest BCUT2D eigenvalue weighted by Gasteiger charge is -2.13. The molecule has 1 N–H and O–H groups in total. The van der Waals surface area contributed by atoms with Crippen LogP contribution in [-0.2, 0) is 5.41 Å². The maximum absolute atomic E-state index is 12.1. The van der Waals surface area contributed by atoms with Gasteiger partial charge < -0.3 is 9.84 Å². The summed E-state index contributed by atoms with van der Waals surface area (Å²) in [4.78, 5) is 16.3. The second kappa shape index (κ2) is 5.45. The Hall–Kier alpha value is -2.17. The van der Waals surface area contributed by atoms with Crippen molar-refractivity contribution >= 4 is 5.91 Å². The minimum absolute atomic E-state index is 0.144. The molecule has 0 saturated carbocycles. The summed E-state index contributed by atoms with van der Waals surface area (Å²) in [6.45, 7) is 7.93. The Morgan fingerprint density at radius 3 is 2.65 bits per heavy atom. The van der Waals surface area contributed by atoms with Crippen LogP contribution in [0.2, 0.25) is 0 Å². The summed E-state index contributed by atoms with van der Waals surface area (Å²) in [5, 5.41) is 6.78. The SMILES string of the molecule is C[C@@H](NC(=O)c1cc(C(C)(C)C)no1)c1ccccn1.